The number of imidazole rings is 1. The van der Waals surface area contributed by atoms with Gasteiger partial charge in [-0.05, 0) is 35.9 Å². The van der Waals surface area contributed by atoms with Gasteiger partial charge in [-0.25, -0.2) is 4.98 Å². The van der Waals surface area contributed by atoms with Crippen molar-refractivity contribution in [2.75, 3.05) is 7.11 Å². The van der Waals surface area contributed by atoms with Gasteiger partial charge in [-0.2, -0.15) is 0 Å². The summed E-state index contributed by atoms with van der Waals surface area (Å²) in [5.41, 5.74) is 1.21. The molecule has 1 aromatic heterocycles. The van der Waals surface area contributed by atoms with Crippen molar-refractivity contribution in [3.05, 3.63) is 76.8 Å². The van der Waals surface area contributed by atoms with Crippen LogP contribution in [0, 0.1) is 0 Å². The topological polar surface area (TPSA) is 27.1 Å². The Kier molecular flexibility index (Phi) is 5.72. The number of benzene rings is 2. The van der Waals surface area contributed by atoms with Crippen molar-refractivity contribution in [1.82, 2.24) is 9.55 Å². The molecule has 3 aromatic rings. The average Bonchev–Trinajstić information content (AvgIpc) is 3.11. The zero-order chi connectivity index (χ0) is 16.9. The van der Waals surface area contributed by atoms with Crippen LogP contribution in [0.2, 0.25) is 10.0 Å². The van der Waals surface area contributed by atoms with E-state index < -0.39 is 0 Å². The summed E-state index contributed by atoms with van der Waals surface area (Å²) >= 11 is 13.9. The van der Waals surface area contributed by atoms with E-state index in [1.165, 1.54) is 5.56 Å². The molecule has 0 aliphatic heterocycles. The molecular formula is C18H16Cl2N2OS. The lowest BCUT2D eigenvalue weighted by atomic mass is 10.1. The van der Waals surface area contributed by atoms with Crippen LogP contribution >= 0.6 is 35.0 Å². The summed E-state index contributed by atoms with van der Waals surface area (Å²) in [5.74, 6) is 0.847. The lowest BCUT2D eigenvalue weighted by Gasteiger charge is -2.18. The standard InChI is InChI=1S/C18H16Cl2N2OS/c1-23-14-4-2-13(3-5-14)18(11-22-9-8-21-12-22)24-15-6-7-16(19)17(20)10-15/h2-10,12,18H,11H2,1H3. The summed E-state index contributed by atoms with van der Waals surface area (Å²) < 4.78 is 7.32. The maximum atomic E-state index is 6.15. The Bertz CT molecular complexity index is 791. The number of thioether (sulfide) groups is 1. The van der Waals surface area contributed by atoms with Gasteiger partial charge in [-0.3, -0.25) is 0 Å². The molecular weight excluding hydrogens is 363 g/mol. The molecule has 0 fully saturated rings. The lowest BCUT2D eigenvalue weighted by molar-refractivity contribution is 0.414. The second-order valence-electron chi connectivity index (χ2n) is 5.22. The van der Waals surface area contributed by atoms with Gasteiger partial charge in [-0.1, -0.05) is 35.3 Å². The molecule has 1 atom stereocenters. The zero-order valence-corrected chi connectivity index (χ0v) is 15.4. The minimum Gasteiger partial charge on any atom is -0.497 e. The third-order valence-corrected chi connectivity index (χ3v) is 5.56. The molecule has 0 aliphatic carbocycles. The molecule has 0 spiro atoms. The molecule has 24 heavy (non-hydrogen) atoms. The van der Waals surface area contributed by atoms with Gasteiger partial charge in [0.2, 0.25) is 0 Å². The molecule has 124 valence electrons. The Hall–Kier alpha value is -1.62. The van der Waals surface area contributed by atoms with Crippen LogP contribution in [0.15, 0.2) is 66.1 Å². The van der Waals surface area contributed by atoms with E-state index in [0.29, 0.717) is 10.0 Å². The fraction of sp³-hybridized carbons (Fsp3) is 0.167. The van der Waals surface area contributed by atoms with Crippen LogP contribution in [0.1, 0.15) is 10.8 Å². The van der Waals surface area contributed by atoms with Crippen molar-refractivity contribution in [1.29, 1.82) is 0 Å². The molecule has 0 saturated carbocycles. The Morgan fingerprint density at radius 3 is 2.54 bits per heavy atom. The second-order valence-corrected chi connectivity index (χ2v) is 7.31. The first-order valence-electron chi connectivity index (χ1n) is 7.37. The van der Waals surface area contributed by atoms with E-state index in [4.69, 9.17) is 27.9 Å². The van der Waals surface area contributed by atoms with Crippen LogP contribution in [0.5, 0.6) is 5.75 Å². The Morgan fingerprint density at radius 2 is 1.92 bits per heavy atom. The second kappa shape index (κ2) is 7.97. The van der Waals surface area contributed by atoms with Gasteiger partial charge in [0.1, 0.15) is 5.75 Å². The van der Waals surface area contributed by atoms with Crippen molar-refractivity contribution < 1.29 is 4.74 Å². The van der Waals surface area contributed by atoms with E-state index in [1.54, 1.807) is 25.1 Å². The largest absolute Gasteiger partial charge is 0.497 e. The summed E-state index contributed by atoms with van der Waals surface area (Å²) in [5, 5.41) is 1.34. The number of methoxy groups -OCH3 is 1. The highest BCUT2D eigenvalue weighted by atomic mass is 35.5. The van der Waals surface area contributed by atoms with Gasteiger partial charge < -0.3 is 9.30 Å². The number of nitrogens with zero attached hydrogens (tertiary/aromatic N) is 2. The SMILES string of the molecule is COc1ccc(C(Cn2ccnc2)Sc2ccc(Cl)c(Cl)c2)cc1. The number of hydrogen-bond acceptors (Lipinski definition) is 3. The molecule has 3 nitrogen and oxygen atoms in total. The van der Waals surface area contributed by atoms with Gasteiger partial charge in [-0.15, -0.1) is 11.8 Å². The molecule has 0 saturated heterocycles. The Morgan fingerprint density at radius 1 is 1.12 bits per heavy atom. The number of ether oxygens (including phenoxy) is 1. The van der Waals surface area contributed by atoms with Gasteiger partial charge >= 0.3 is 0 Å². The van der Waals surface area contributed by atoms with Gasteiger partial charge in [0.25, 0.3) is 0 Å². The first-order chi connectivity index (χ1) is 11.7. The third-order valence-electron chi connectivity index (χ3n) is 3.59. The summed E-state index contributed by atoms with van der Waals surface area (Å²) in [6, 6.07) is 13.9. The predicted molar refractivity (Wildman–Crippen MR) is 100 cm³/mol. The number of hydrogen-bond donors (Lipinski definition) is 0. The van der Waals surface area contributed by atoms with Crippen molar-refractivity contribution >= 4 is 35.0 Å². The van der Waals surface area contributed by atoms with Crippen molar-refractivity contribution in [3.63, 3.8) is 0 Å². The highest BCUT2D eigenvalue weighted by Crippen LogP contribution is 2.39. The zero-order valence-electron chi connectivity index (χ0n) is 13.0. The molecule has 1 heterocycles. The molecule has 0 N–H and O–H groups in total. The summed E-state index contributed by atoms with van der Waals surface area (Å²) in [6.45, 7) is 0.803. The molecule has 6 heteroatoms. The van der Waals surface area contributed by atoms with E-state index in [-0.39, 0.29) is 5.25 Å². The van der Waals surface area contributed by atoms with E-state index in [9.17, 15) is 0 Å². The molecule has 3 rings (SSSR count). The first-order valence-corrected chi connectivity index (χ1v) is 9.00. The fourth-order valence-electron chi connectivity index (χ4n) is 2.33. The van der Waals surface area contributed by atoms with Crippen LogP contribution < -0.4 is 4.74 Å². The highest BCUT2D eigenvalue weighted by molar-refractivity contribution is 7.99. The molecule has 1 unspecified atom stereocenters. The van der Waals surface area contributed by atoms with Crippen molar-refractivity contribution in [2.24, 2.45) is 0 Å². The van der Waals surface area contributed by atoms with E-state index in [0.717, 1.165) is 17.2 Å². The number of aromatic nitrogens is 2. The molecule has 0 bridgehead atoms. The van der Waals surface area contributed by atoms with Crippen LogP contribution in [-0.2, 0) is 6.54 Å². The molecule has 0 aliphatic rings. The summed E-state index contributed by atoms with van der Waals surface area (Å²) in [6.07, 6.45) is 5.58. The quantitative estimate of drug-likeness (QED) is 0.512. The maximum Gasteiger partial charge on any atom is 0.118 e. The Balaban J connectivity index is 1.86. The molecule has 2 aromatic carbocycles. The van der Waals surface area contributed by atoms with Crippen LogP contribution in [0.3, 0.4) is 0 Å². The third kappa shape index (κ3) is 4.26. The maximum absolute atomic E-state index is 6.15. The monoisotopic (exact) mass is 378 g/mol. The normalized spacial score (nSPS) is 12.1. The number of rotatable bonds is 6. The van der Waals surface area contributed by atoms with E-state index in [1.807, 2.05) is 42.9 Å². The number of halogens is 2. The van der Waals surface area contributed by atoms with Crippen molar-refractivity contribution in [2.45, 2.75) is 16.7 Å². The van der Waals surface area contributed by atoms with Crippen LogP contribution in [0.25, 0.3) is 0 Å². The first kappa shape index (κ1) is 17.2. The van der Waals surface area contributed by atoms with Gasteiger partial charge in [0.15, 0.2) is 0 Å². The smallest absolute Gasteiger partial charge is 0.118 e. The van der Waals surface area contributed by atoms with Gasteiger partial charge in [0, 0.05) is 23.8 Å². The van der Waals surface area contributed by atoms with Crippen LogP contribution in [-0.4, -0.2) is 16.7 Å². The van der Waals surface area contributed by atoms with E-state index in [2.05, 4.69) is 21.7 Å². The molecule has 0 amide bonds. The minimum absolute atomic E-state index is 0.211. The van der Waals surface area contributed by atoms with Crippen LogP contribution in [0.4, 0.5) is 0 Å². The van der Waals surface area contributed by atoms with E-state index >= 15 is 0 Å². The highest BCUT2D eigenvalue weighted by Gasteiger charge is 2.15. The summed E-state index contributed by atoms with van der Waals surface area (Å²) in [7, 11) is 1.67. The van der Waals surface area contributed by atoms with Gasteiger partial charge in [0.05, 0.1) is 28.7 Å². The predicted octanol–water partition coefficient (Wildman–Crippen LogP) is 5.73. The average molecular weight is 379 g/mol. The minimum atomic E-state index is 0.211. The van der Waals surface area contributed by atoms with Crippen molar-refractivity contribution in [3.8, 4) is 5.75 Å². The Labute approximate surface area is 155 Å². The molecule has 0 radical (unpaired) electrons. The lowest BCUT2D eigenvalue weighted by Crippen LogP contribution is -2.05. The fourth-order valence-corrected chi connectivity index (χ4v) is 3.89. The summed E-state index contributed by atoms with van der Waals surface area (Å²) in [4.78, 5) is 5.20.